The zero-order valence-electron chi connectivity index (χ0n) is 15.3. The third kappa shape index (κ3) is 5.19. The zero-order chi connectivity index (χ0) is 21.7. The Bertz CT molecular complexity index is 1120. The summed E-state index contributed by atoms with van der Waals surface area (Å²) >= 11 is 0. The zero-order valence-corrected chi connectivity index (χ0v) is 15.3. The minimum atomic E-state index is -5.20. The van der Waals surface area contributed by atoms with Crippen molar-refractivity contribution in [2.75, 3.05) is 0 Å². The van der Waals surface area contributed by atoms with E-state index in [0.29, 0.717) is 5.69 Å². The molecule has 0 aliphatic rings. The van der Waals surface area contributed by atoms with Gasteiger partial charge >= 0.3 is 12.1 Å². The first-order valence-electron chi connectivity index (χ1n) is 8.61. The minimum absolute atomic E-state index is 0.0254. The lowest BCUT2D eigenvalue weighted by Crippen LogP contribution is -2.31. The number of pyridine rings is 2. The highest BCUT2D eigenvalue weighted by Crippen LogP contribution is 2.19. The van der Waals surface area contributed by atoms with Crippen LogP contribution in [-0.2, 0) is 11.3 Å². The number of benzene rings is 1. The van der Waals surface area contributed by atoms with Gasteiger partial charge in [0.2, 0.25) is 0 Å². The van der Waals surface area contributed by atoms with Crippen molar-refractivity contribution in [1.82, 2.24) is 9.55 Å². The highest BCUT2D eigenvalue weighted by atomic mass is 19.4. The van der Waals surface area contributed by atoms with Gasteiger partial charge in [0, 0.05) is 24.5 Å². The van der Waals surface area contributed by atoms with E-state index >= 15 is 0 Å². The van der Waals surface area contributed by atoms with Gasteiger partial charge in [0.1, 0.15) is 5.82 Å². The van der Waals surface area contributed by atoms with Gasteiger partial charge in [-0.15, -0.1) is 0 Å². The molecule has 0 unspecified atom stereocenters. The molecule has 30 heavy (non-hydrogen) atoms. The number of rotatable bonds is 5. The summed E-state index contributed by atoms with van der Waals surface area (Å²) in [5.41, 5.74) is 1.30. The monoisotopic (exact) mass is 418 g/mol. The average Bonchev–Trinajstić information content (AvgIpc) is 2.71. The van der Waals surface area contributed by atoms with Crippen molar-refractivity contribution in [3.05, 3.63) is 88.9 Å². The van der Waals surface area contributed by atoms with Crippen molar-refractivity contribution in [1.29, 1.82) is 0 Å². The Hall–Kier alpha value is -3.75. The van der Waals surface area contributed by atoms with Crippen LogP contribution in [0.1, 0.15) is 5.69 Å². The fourth-order valence-corrected chi connectivity index (χ4v) is 2.50. The van der Waals surface area contributed by atoms with Gasteiger partial charge in [0.15, 0.2) is 5.75 Å². The van der Waals surface area contributed by atoms with Gasteiger partial charge in [-0.25, -0.2) is 9.18 Å². The summed E-state index contributed by atoms with van der Waals surface area (Å²) in [6, 6.07) is 11.8. The molecule has 0 atom stereocenters. The molecule has 5 nitrogen and oxygen atoms in total. The largest absolute Gasteiger partial charge is 0.491 e. The van der Waals surface area contributed by atoms with Gasteiger partial charge in [0.05, 0.1) is 5.69 Å². The van der Waals surface area contributed by atoms with Crippen LogP contribution in [-0.4, -0.2) is 21.7 Å². The molecule has 0 amide bonds. The van der Waals surface area contributed by atoms with Gasteiger partial charge in [-0.3, -0.25) is 9.78 Å². The average molecular weight is 418 g/mol. The Morgan fingerprint density at radius 1 is 1.07 bits per heavy atom. The number of halogens is 4. The smallest absolute Gasteiger partial charge is 0.414 e. The van der Waals surface area contributed by atoms with E-state index in [2.05, 4.69) is 9.72 Å². The molecule has 3 rings (SSSR count). The quantitative estimate of drug-likeness (QED) is 0.460. The maximum atomic E-state index is 13.0. The van der Waals surface area contributed by atoms with Gasteiger partial charge in [-0.1, -0.05) is 24.3 Å². The fraction of sp³-hybridized carbons (Fsp3) is 0.0952. The third-order valence-corrected chi connectivity index (χ3v) is 3.97. The van der Waals surface area contributed by atoms with Crippen molar-refractivity contribution in [2.45, 2.75) is 12.7 Å². The van der Waals surface area contributed by atoms with Crippen LogP contribution in [0.15, 0.2) is 71.8 Å². The number of hydrogen-bond donors (Lipinski definition) is 0. The topological polar surface area (TPSA) is 61.2 Å². The predicted molar refractivity (Wildman–Crippen MR) is 101 cm³/mol. The number of nitrogens with zero attached hydrogens (tertiary/aromatic N) is 2. The van der Waals surface area contributed by atoms with Gasteiger partial charge in [0.25, 0.3) is 5.56 Å². The summed E-state index contributed by atoms with van der Waals surface area (Å²) in [5, 5.41) is 0. The van der Waals surface area contributed by atoms with Crippen LogP contribution in [0, 0.1) is 5.82 Å². The van der Waals surface area contributed by atoms with E-state index in [1.807, 2.05) is 0 Å². The molecule has 0 aliphatic carbocycles. The number of esters is 1. The Morgan fingerprint density at radius 3 is 2.40 bits per heavy atom. The number of aromatic nitrogens is 2. The van der Waals surface area contributed by atoms with Crippen LogP contribution < -0.4 is 10.3 Å². The molecule has 0 aliphatic heterocycles. The lowest BCUT2D eigenvalue weighted by atomic mass is 10.1. The molecule has 0 spiro atoms. The molecule has 0 fully saturated rings. The molecule has 2 aromatic heterocycles. The summed E-state index contributed by atoms with van der Waals surface area (Å²) in [5.74, 6) is -3.51. The van der Waals surface area contributed by atoms with E-state index in [0.717, 1.165) is 21.8 Å². The van der Waals surface area contributed by atoms with Crippen molar-refractivity contribution in [3.8, 4) is 16.9 Å². The lowest BCUT2D eigenvalue weighted by molar-refractivity contribution is -0.189. The summed E-state index contributed by atoms with van der Waals surface area (Å²) in [4.78, 5) is 27.3. The number of allylic oxidation sites excluding steroid dienone is 1. The van der Waals surface area contributed by atoms with Gasteiger partial charge in [-0.2, -0.15) is 13.2 Å². The molecule has 9 heteroatoms. The molecule has 0 N–H and O–H groups in total. The van der Waals surface area contributed by atoms with E-state index in [4.69, 9.17) is 0 Å². The number of carbonyl (C=O) groups excluding carboxylic acids is 1. The van der Waals surface area contributed by atoms with Crippen molar-refractivity contribution >= 4 is 12.0 Å². The summed E-state index contributed by atoms with van der Waals surface area (Å²) < 4.78 is 55.1. The Morgan fingerprint density at radius 2 is 1.77 bits per heavy atom. The first-order valence-corrected chi connectivity index (χ1v) is 8.61. The van der Waals surface area contributed by atoms with Crippen LogP contribution in [0.4, 0.5) is 17.6 Å². The molecule has 0 saturated heterocycles. The maximum absolute atomic E-state index is 13.0. The highest BCUT2D eigenvalue weighted by molar-refractivity contribution is 5.78. The van der Waals surface area contributed by atoms with Gasteiger partial charge in [-0.05, 0) is 42.0 Å². The van der Waals surface area contributed by atoms with Crippen molar-refractivity contribution < 1.29 is 27.1 Å². The summed E-state index contributed by atoms with van der Waals surface area (Å²) in [6.45, 7) is 0.0254. The molecule has 0 radical (unpaired) electrons. The molecular formula is C21H14F4N2O3. The van der Waals surface area contributed by atoms with Crippen LogP contribution in [0.3, 0.4) is 0 Å². The summed E-state index contributed by atoms with van der Waals surface area (Å²) in [6.07, 6.45) is 0.962. The van der Waals surface area contributed by atoms with Crippen molar-refractivity contribution in [3.63, 3.8) is 0 Å². The molecule has 1 aromatic carbocycles. The van der Waals surface area contributed by atoms with Gasteiger partial charge < -0.3 is 9.30 Å². The Labute approximate surface area is 167 Å². The highest BCUT2D eigenvalue weighted by Gasteiger charge is 2.41. The van der Waals surface area contributed by atoms with Crippen molar-refractivity contribution in [2.24, 2.45) is 0 Å². The third-order valence-electron chi connectivity index (χ3n) is 3.97. The first kappa shape index (κ1) is 21.0. The van der Waals surface area contributed by atoms with E-state index in [1.165, 1.54) is 24.4 Å². The number of hydrogen-bond acceptors (Lipinski definition) is 4. The van der Waals surface area contributed by atoms with Crippen LogP contribution in [0.2, 0.25) is 0 Å². The second-order valence-electron chi connectivity index (χ2n) is 6.10. The molecule has 3 aromatic rings. The molecular weight excluding hydrogens is 404 g/mol. The standard InChI is InChI=1S/C21H14F4N2O3/c22-16-8-5-14(6-9-16)15-7-10-17(26-13-15)3-1-11-27-12-2-4-18(19(27)28)30-20(29)21(23,24)25/h1-10,12-13H,11H2/b3-1+. The van der Waals surface area contributed by atoms with E-state index < -0.39 is 23.5 Å². The maximum Gasteiger partial charge on any atom is 0.491 e. The number of alkyl halides is 3. The number of carbonyl (C=O) groups is 1. The molecule has 0 bridgehead atoms. The van der Waals surface area contributed by atoms with Crippen LogP contribution >= 0.6 is 0 Å². The first-order chi connectivity index (χ1) is 14.2. The Kier molecular flexibility index (Phi) is 6.10. The predicted octanol–water partition coefficient (Wildman–Crippen LogP) is 4.23. The minimum Gasteiger partial charge on any atom is -0.414 e. The molecule has 0 saturated carbocycles. The lowest BCUT2D eigenvalue weighted by Gasteiger charge is -2.08. The van der Waals surface area contributed by atoms with Crippen LogP contribution in [0.5, 0.6) is 5.75 Å². The molecule has 2 heterocycles. The molecule has 154 valence electrons. The van der Waals surface area contributed by atoms with E-state index in [9.17, 15) is 27.2 Å². The Balaban J connectivity index is 1.68. The van der Waals surface area contributed by atoms with Crippen LogP contribution in [0.25, 0.3) is 17.2 Å². The van der Waals surface area contributed by atoms with E-state index in [1.54, 1.807) is 42.6 Å². The fourth-order valence-electron chi connectivity index (χ4n) is 2.50. The number of ether oxygens (including phenoxy) is 1. The second-order valence-corrected chi connectivity index (χ2v) is 6.10. The summed E-state index contributed by atoms with van der Waals surface area (Å²) in [7, 11) is 0. The second kappa shape index (κ2) is 8.73. The SMILES string of the molecule is O=C(Oc1cccn(C/C=C/c2ccc(-c3ccc(F)cc3)cn2)c1=O)C(F)(F)F. The van der Waals surface area contributed by atoms with E-state index in [-0.39, 0.29) is 12.4 Å². The normalized spacial score (nSPS) is 11.6.